The van der Waals surface area contributed by atoms with Gasteiger partial charge in [0, 0.05) is 11.8 Å². The molecule has 5 heteroatoms. The molecule has 0 aromatic rings. The number of alkyl halides is 3. The van der Waals surface area contributed by atoms with Crippen molar-refractivity contribution in [1.29, 1.82) is 0 Å². The highest BCUT2D eigenvalue weighted by molar-refractivity contribution is 5.93. The second kappa shape index (κ2) is 5.57. The molecule has 4 aliphatic rings. The van der Waals surface area contributed by atoms with E-state index in [1.54, 1.807) is 19.1 Å². The van der Waals surface area contributed by atoms with E-state index < -0.39 is 17.2 Å². The Hall–Kier alpha value is -1.36. The molecule has 142 valence electrons. The van der Waals surface area contributed by atoms with Crippen LogP contribution in [0.15, 0.2) is 34.9 Å². The van der Waals surface area contributed by atoms with Crippen LogP contribution in [0.1, 0.15) is 52.4 Å². The molecule has 1 N–H and O–H groups in total. The molecule has 3 unspecified atom stereocenters. The summed E-state index contributed by atoms with van der Waals surface area (Å²) < 4.78 is 41.5. The number of allylic oxidation sites excluding steroid dienone is 5. The molecule has 5 atom stereocenters. The summed E-state index contributed by atoms with van der Waals surface area (Å²) in [6.45, 7) is 3.83. The topological polar surface area (TPSA) is 37.3 Å². The molecule has 0 heterocycles. The van der Waals surface area contributed by atoms with E-state index >= 15 is 0 Å². The Bertz CT molecular complexity index is 745. The summed E-state index contributed by atoms with van der Waals surface area (Å²) in [7, 11) is 0. The van der Waals surface area contributed by atoms with Crippen LogP contribution in [0.25, 0.3) is 0 Å². The van der Waals surface area contributed by atoms with Crippen LogP contribution in [0.4, 0.5) is 13.2 Å². The van der Waals surface area contributed by atoms with E-state index in [1.807, 2.05) is 6.08 Å². The van der Waals surface area contributed by atoms with Crippen LogP contribution in [0.2, 0.25) is 0 Å². The highest BCUT2D eigenvalue weighted by Crippen LogP contribution is 2.66. The number of carbonyl (C=O) groups is 1. The van der Waals surface area contributed by atoms with Crippen molar-refractivity contribution in [2.24, 2.45) is 23.2 Å². The van der Waals surface area contributed by atoms with Gasteiger partial charge in [0.2, 0.25) is 0 Å². The molecule has 0 aromatic carbocycles. The zero-order chi connectivity index (χ0) is 18.9. The van der Waals surface area contributed by atoms with Crippen molar-refractivity contribution >= 4 is 5.78 Å². The molecule has 0 amide bonds. The largest absolute Gasteiger partial charge is 0.418 e. The Labute approximate surface area is 151 Å². The molecule has 0 bridgehead atoms. The third-order valence-corrected chi connectivity index (χ3v) is 7.50. The molecule has 0 aromatic heterocycles. The number of carbonyl (C=O) groups excluding carboxylic acids is 1. The van der Waals surface area contributed by atoms with Gasteiger partial charge in [-0.1, -0.05) is 26.0 Å². The average Bonchev–Trinajstić information content (AvgIpc) is 2.89. The first-order chi connectivity index (χ1) is 12.1. The highest BCUT2D eigenvalue weighted by Gasteiger charge is 2.71. The Kier molecular flexibility index (Phi) is 3.86. The first kappa shape index (κ1) is 18.0. The molecule has 4 rings (SSSR count). The maximum absolute atomic E-state index is 13.8. The highest BCUT2D eigenvalue weighted by atomic mass is 19.4. The van der Waals surface area contributed by atoms with E-state index in [9.17, 15) is 23.1 Å². The van der Waals surface area contributed by atoms with Crippen molar-refractivity contribution in [3.05, 3.63) is 34.9 Å². The minimum absolute atomic E-state index is 0.0247. The lowest BCUT2D eigenvalue weighted by atomic mass is 9.54. The van der Waals surface area contributed by atoms with Crippen LogP contribution < -0.4 is 0 Å². The predicted octanol–water partition coefficient (Wildman–Crippen LogP) is 4.90. The summed E-state index contributed by atoms with van der Waals surface area (Å²) >= 11 is 0. The number of hydrogen-bond acceptors (Lipinski definition) is 2. The Balaban J connectivity index is 1.88. The SMILES string of the molecule is CCC12C=CC3=C4CCC(=O)C=C4C[C@H](C)C3C1CC[C@@]2(O)C(F)(F)F. The van der Waals surface area contributed by atoms with E-state index in [1.165, 1.54) is 0 Å². The van der Waals surface area contributed by atoms with Crippen LogP contribution in [0.5, 0.6) is 0 Å². The first-order valence-electron chi connectivity index (χ1n) is 9.60. The normalized spacial score (nSPS) is 42.3. The van der Waals surface area contributed by atoms with Gasteiger partial charge in [0.1, 0.15) is 0 Å². The van der Waals surface area contributed by atoms with Crippen molar-refractivity contribution in [3.63, 3.8) is 0 Å². The van der Waals surface area contributed by atoms with Crippen LogP contribution >= 0.6 is 0 Å². The molecular formula is C21H25F3O2. The lowest BCUT2D eigenvalue weighted by Crippen LogP contribution is -2.58. The van der Waals surface area contributed by atoms with Gasteiger partial charge in [-0.25, -0.2) is 0 Å². The van der Waals surface area contributed by atoms with Gasteiger partial charge in [-0.15, -0.1) is 0 Å². The number of rotatable bonds is 1. The lowest BCUT2D eigenvalue weighted by Gasteiger charge is -2.52. The monoisotopic (exact) mass is 366 g/mol. The number of halogens is 3. The maximum atomic E-state index is 13.8. The van der Waals surface area contributed by atoms with Gasteiger partial charge >= 0.3 is 6.18 Å². The average molecular weight is 366 g/mol. The Morgan fingerprint density at radius 3 is 2.69 bits per heavy atom. The standard InChI is InChI=1S/C21H25F3O2/c1-3-19-8-6-16-15-5-4-14(25)11-13(15)10-12(2)18(16)17(19)7-9-20(19,26)21(22,23)24/h6,8,11-12,17-18,26H,3-5,7,9-10H2,1-2H3/t12-,17?,18?,19?,20-/m0/s1. The molecule has 4 aliphatic carbocycles. The van der Waals surface area contributed by atoms with E-state index in [2.05, 4.69) is 6.92 Å². The van der Waals surface area contributed by atoms with Gasteiger partial charge in [-0.3, -0.25) is 4.79 Å². The number of aliphatic hydroxyl groups is 1. The van der Waals surface area contributed by atoms with Crippen LogP contribution in [0.3, 0.4) is 0 Å². The predicted molar refractivity (Wildman–Crippen MR) is 92.2 cm³/mol. The fraction of sp³-hybridized carbons (Fsp3) is 0.667. The van der Waals surface area contributed by atoms with E-state index in [-0.39, 0.29) is 36.4 Å². The van der Waals surface area contributed by atoms with Crippen LogP contribution in [-0.4, -0.2) is 22.7 Å². The second-order valence-electron chi connectivity index (χ2n) is 8.51. The molecule has 1 saturated carbocycles. The van der Waals surface area contributed by atoms with Crippen LogP contribution in [-0.2, 0) is 4.79 Å². The zero-order valence-electron chi connectivity index (χ0n) is 15.2. The molecule has 26 heavy (non-hydrogen) atoms. The summed E-state index contributed by atoms with van der Waals surface area (Å²) in [5, 5.41) is 10.8. The summed E-state index contributed by atoms with van der Waals surface area (Å²) in [6.07, 6.45) is 2.94. The van der Waals surface area contributed by atoms with Gasteiger partial charge in [-0.2, -0.15) is 13.2 Å². The number of ketones is 1. The van der Waals surface area contributed by atoms with Gasteiger partial charge in [0.25, 0.3) is 0 Å². The van der Waals surface area contributed by atoms with E-state index in [0.29, 0.717) is 19.3 Å². The van der Waals surface area contributed by atoms with Crippen molar-refractivity contribution in [1.82, 2.24) is 0 Å². The van der Waals surface area contributed by atoms with Crippen molar-refractivity contribution in [2.75, 3.05) is 0 Å². The molecule has 2 nitrogen and oxygen atoms in total. The third-order valence-electron chi connectivity index (χ3n) is 7.50. The first-order valence-corrected chi connectivity index (χ1v) is 9.60. The van der Waals surface area contributed by atoms with E-state index in [0.717, 1.165) is 23.1 Å². The summed E-state index contributed by atoms with van der Waals surface area (Å²) in [5.41, 5.74) is -0.554. The summed E-state index contributed by atoms with van der Waals surface area (Å²) in [4.78, 5) is 11.8. The number of fused-ring (bicyclic) bond motifs is 4. The minimum Gasteiger partial charge on any atom is -0.380 e. The van der Waals surface area contributed by atoms with Crippen molar-refractivity contribution in [2.45, 2.75) is 64.1 Å². The maximum Gasteiger partial charge on any atom is 0.418 e. The van der Waals surface area contributed by atoms with Gasteiger partial charge < -0.3 is 5.11 Å². The van der Waals surface area contributed by atoms with Crippen molar-refractivity contribution < 1.29 is 23.1 Å². The fourth-order valence-corrected chi connectivity index (χ4v) is 6.32. The summed E-state index contributed by atoms with van der Waals surface area (Å²) in [5.74, 6) is 0.129. The van der Waals surface area contributed by atoms with Gasteiger partial charge in [-0.05, 0) is 72.7 Å². The number of hydrogen-bond donors (Lipinski definition) is 1. The van der Waals surface area contributed by atoms with Crippen molar-refractivity contribution in [3.8, 4) is 0 Å². The lowest BCUT2D eigenvalue weighted by molar-refractivity contribution is -0.291. The molecular weight excluding hydrogens is 341 g/mol. The third kappa shape index (κ3) is 2.12. The van der Waals surface area contributed by atoms with Gasteiger partial charge in [0.05, 0.1) is 0 Å². The molecule has 1 fully saturated rings. The Morgan fingerprint density at radius 1 is 1.31 bits per heavy atom. The Morgan fingerprint density at radius 2 is 2.04 bits per heavy atom. The second-order valence-corrected chi connectivity index (χ2v) is 8.51. The van der Waals surface area contributed by atoms with Gasteiger partial charge in [0.15, 0.2) is 11.4 Å². The molecule has 0 saturated heterocycles. The molecule has 0 radical (unpaired) electrons. The molecule has 0 aliphatic heterocycles. The zero-order valence-corrected chi connectivity index (χ0v) is 15.2. The summed E-state index contributed by atoms with van der Waals surface area (Å²) in [6, 6.07) is 0. The quantitative estimate of drug-likeness (QED) is 0.717. The molecule has 0 spiro atoms. The van der Waals surface area contributed by atoms with E-state index in [4.69, 9.17) is 0 Å². The fourth-order valence-electron chi connectivity index (χ4n) is 6.32. The smallest absolute Gasteiger partial charge is 0.380 e. The minimum atomic E-state index is -4.63. The van der Waals surface area contributed by atoms with Crippen LogP contribution in [0, 0.1) is 23.2 Å².